The van der Waals surface area contributed by atoms with Crippen LogP contribution in [0.2, 0.25) is 0 Å². The summed E-state index contributed by atoms with van der Waals surface area (Å²) >= 11 is 2.06. The maximum Gasteiger partial charge on any atom is 0.0565 e. The molecule has 1 heterocycles. The Morgan fingerprint density at radius 1 is 1.39 bits per heavy atom. The quantitative estimate of drug-likeness (QED) is 0.635. The van der Waals surface area contributed by atoms with Crippen LogP contribution in [0.5, 0.6) is 0 Å². The normalized spacial score (nSPS) is 18.8. The SMILES string of the molecule is Cc1ccc(C(CSC2CCCCC2)NN)cn1. The van der Waals surface area contributed by atoms with Crippen molar-refractivity contribution in [3.63, 3.8) is 0 Å². The highest BCUT2D eigenvalue weighted by Crippen LogP contribution is 2.30. The lowest BCUT2D eigenvalue weighted by Crippen LogP contribution is -2.30. The van der Waals surface area contributed by atoms with E-state index < -0.39 is 0 Å². The van der Waals surface area contributed by atoms with Crippen molar-refractivity contribution in [1.82, 2.24) is 10.4 Å². The van der Waals surface area contributed by atoms with Gasteiger partial charge in [-0.3, -0.25) is 16.3 Å². The summed E-state index contributed by atoms with van der Waals surface area (Å²) in [5.74, 6) is 6.70. The number of nitrogens with two attached hydrogens (primary N) is 1. The van der Waals surface area contributed by atoms with Gasteiger partial charge in [-0.25, -0.2) is 0 Å². The highest BCUT2D eigenvalue weighted by molar-refractivity contribution is 7.99. The predicted molar refractivity (Wildman–Crippen MR) is 78.4 cm³/mol. The third-order valence-corrected chi connectivity index (χ3v) is 5.06. The fourth-order valence-corrected chi connectivity index (χ4v) is 3.81. The molecule has 1 atom stereocenters. The largest absolute Gasteiger partial charge is 0.271 e. The van der Waals surface area contributed by atoms with Crippen LogP contribution in [0, 0.1) is 6.92 Å². The standard InChI is InChI=1S/C14H23N3S/c1-11-7-8-12(9-16-11)14(17-15)10-18-13-5-3-2-4-6-13/h7-9,13-14,17H,2-6,10,15H2,1H3. The van der Waals surface area contributed by atoms with Crippen molar-refractivity contribution >= 4 is 11.8 Å². The van der Waals surface area contributed by atoms with Crippen molar-refractivity contribution in [3.05, 3.63) is 29.6 Å². The van der Waals surface area contributed by atoms with Crippen LogP contribution in [0.25, 0.3) is 0 Å². The molecule has 0 aliphatic heterocycles. The van der Waals surface area contributed by atoms with E-state index in [1.807, 2.05) is 19.2 Å². The van der Waals surface area contributed by atoms with E-state index in [0.717, 1.165) is 16.7 Å². The van der Waals surface area contributed by atoms with Crippen LogP contribution in [0.1, 0.15) is 49.4 Å². The summed E-state index contributed by atoms with van der Waals surface area (Å²) in [6, 6.07) is 4.38. The molecule has 3 N–H and O–H groups in total. The zero-order valence-corrected chi connectivity index (χ0v) is 11.9. The molecule has 1 aliphatic rings. The van der Waals surface area contributed by atoms with Gasteiger partial charge in [0.2, 0.25) is 0 Å². The first-order valence-corrected chi connectivity index (χ1v) is 7.85. The Bertz CT molecular complexity index is 347. The van der Waals surface area contributed by atoms with Crippen LogP contribution < -0.4 is 11.3 Å². The fraction of sp³-hybridized carbons (Fsp3) is 0.643. The van der Waals surface area contributed by atoms with Gasteiger partial charge in [0.15, 0.2) is 0 Å². The van der Waals surface area contributed by atoms with Gasteiger partial charge in [-0.1, -0.05) is 25.3 Å². The van der Waals surface area contributed by atoms with Crippen molar-refractivity contribution in [2.45, 2.75) is 50.3 Å². The molecule has 1 fully saturated rings. The average Bonchev–Trinajstić information content (AvgIpc) is 2.42. The van der Waals surface area contributed by atoms with Crippen LogP contribution in [0.15, 0.2) is 18.3 Å². The Morgan fingerprint density at radius 3 is 2.78 bits per heavy atom. The summed E-state index contributed by atoms with van der Waals surface area (Å²) in [6.07, 6.45) is 8.87. The van der Waals surface area contributed by atoms with Gasteiger partial charge in [-0.2, -0.15) is 11.8 Å². The third kappa shape index (κ3) is 3.97. The Balaban J connectivity index is 1.86. The van der Waals surface area contributed by atoms with Crippen molar-refractivity contribution in [2.24, 2.45) is 5.84 Å². The van der Waals surface area contributed by atoms with Crippen molar-refractivity contribution < 1.29 is 0 Å². The van der Waals surface area contributed by atoms with Gasteiger partial charge in [0.25, 0.3) is 0 Å². The fourth-order valence-electron chi connectivity index (χ4n) is 2.39. The van der Waals surface area contributed by atoms with E-state index >= 15 is 0 Å². The molecule has 100 valence electrons. The summed E-state index contributed by atoms with van der Waals surface area (Å²) in [5, 5.41) is 0.827. The zero-order valence-electron chi connectivity index (χ0n) is 11.1. The van der Waals surface area contributed by atoms with Gasteiger partial charge in [0.1, 0.15) is 0 Å². The van der Waals surface area contributed by atoms with Gasteiger partial charge in [-0.05, 0) is 31.4 Å². The first kappa shape index (κ1) is 13.8. The molecule has 0 amide bonds. The molecule has 0 aromatic carbocycles. The first-order chi connectivity index (χ1) is 8.79. The van der Waals surface area contributed by atoms with E-state index in [0.29, 0.717) is 0 Å². The zero-order chi connectivity index (χ0) is 12.8. The van der Waals surface area contributed by atoms with Gasteiger partial charge < -0.3 is 0 Å². The number of hydrogen-bond acceptors (Lipinski definition) is 4. The van der Waals surface area contributed by atoms with Gasteiger partial charge in [0, 0.05) is 22.9 Å². The van der Waals surface area contributed by atoms with E-state index in [-0.39, 0.29) is 6.04 Å². The van der Waals surface area contributed by atoms with Gasteiger partial charge in [-0.15, -0.1) is 0 Å². The molecular formula is C14H23N3S. The lowest BCUT2D eigenvalue weighted by molar-refractivity contribution is 0.514. The Labute approximate surface area is 114 Å². The monoisotopic (exact) mass is 265 g/mol. The summed E-state index contributed by atoms with van der Waals surface area (Å²) in [6.45, 7) is 2.01. The molecule has 1 saturated carbocycles. The smallest absolute Gasteiger partial charge is 0.0565 e. The van der Waals surface area contributed by atoms with Crippen LogP contribution in [0.4, 0.5) is 0 Å². The number of thioether (sulfide) groups is 1. The highest BCUT2D eigenvalue weighted by Gasteiger charge is 2.17. The summed E-state index contributed by atoms with van der Waals surface area (Å²) in [5.41, 5.74) is 5.15. The molecule has 1 aliphatic carbocycles. The molecule has 4 heteroatoms. The Kier molecular flexibility index (Phi) is 5.47. The number of nitrogens with one attached hydrogen (secondary N) is 1. The molecule has 18 heavy (non-hydrogen) atoms. The Hall–Kier alpha value is -0.580. The topological polar surface area (TPSA) is 50.9 Å². The predicted octanol–water partition coefficient (Wildman–Crippen LogP) is 2.96. The molecule has 3 nitrogen and oxygen atoms in total. The molecule has 1 aromatic heterocycles. The van der Waals surface area contributed by atoms with E-state index in [1.165, 1.54) is 37.7 Å². The van der Waals surface area contributed by atoms with Crippen molar-refractivity contribution in [1.29, 1.82) is 0 Å². The number of hydrazine groups is 1. The number of aromatic nitrogens is 1. The maximum absolute atomic E-state index is 5.67. The number of pyridine rings is 1. The second-order valence-electron chi connectivity index (χ2n) is 5.05. The molecule has 1 unspecified atom stereocenters. The molecule has 0 saturated heterocycles. The number of hydrogen-bond donors (Lipinski definition) is 2. The summed E-state index contributed by atoms with van der Waals surface area (Å²) in [4.78, 5) is 4.34. The second-order valence-corrected chi connectivity index (χ2v) is 6.38. The minimum Gasteiger partial charge on any atom is -0.271 e. The second kappa shape index (κ2) is 7.12. The highest BCUT2D eigenvalue weighted by atomic mass is 32.2. The van der Waals surface area contributed by atoms with Crippen LogP contribution >= 0.6 is 11.8 Å². The maximum atomic E-state index is 5.67. The number of nitrogens with zero attached hydrogens (tertiary/aromatic N) is 1. The molecule has 0 spiro atoms. The Morgan fingerprint density at radius 2 is 2.17 bits per heavy atom. The number of rotatable bonds is 5. The van der Waals surface area contributed by atoms with E-state index in [1.54, 1.807) is 0 Å². The minimum atomic E-state index is 0.213. The van der Waals surface area contributed by atoms with Crippen molar-refractivity contribution in [3.8, 4) is 0 Å². The van der Waals surface area contributed by atoms with Crippen LogP contribution in [0.3, 0.4) is 0 Å². The molecule has 2 rings (SSSR count). The first-order valence-electron chi connectivity index (χ1n) is 6.80. The molecular weight excluding hydrogens is 242 g/mol. The van der Waals surface area contributed by atoms with Crippen molar-refractivity contribution in [2.75, 3.05) is 5.75 Å². The lowest BCUT2D eigenvalue weighted by atomic mass is 10.0. The van der Waals surface area contributed by atoms with E-state index in [4.69, 9.17) is 5.84 Å². The van der Waals surface area contributed by atoms with E-state index in [9.17, 15) is 0 Å². The summed E-state index contributed by atoms with van der Waals surface area (Å²) in [7, 11) is 0. The molecule has 1 aromatic rings. The molecule has 0 radical (unpaired) electrons. The van der Waals surface area contributed by atoms with E-state index in [2.05, 4.69) is 28.2 Å². The lowest BCUT2D eigenvalue weighted by Gasteiger charge is -2.23. The third-order valence-electron chi connectivity index (χ3n) is 3.59. The molecule has 0 bridgehead atoms. The minimum absolute atomic E-state index is 0.213. The van der Waals surface area contributed by atoms with Gasteiger partial charge >= 0.3 is 0 Å². The number of aryl methyl sites for hydroxylation is 1. The van der Waals surface area contributed by atoms with Gasteiger partial charge in [0.05, 0.1) is 6.04 Å². The van der Waals surface area contributed by atoms with Crippen LogP contribution in [-0.4, -0.2) is 16.0 Å². The van der Waals surface area contributed by atoms with Crippen LogP contribution in [-0.2, 0) is 0 Å². The summed E-state index contributed by atoms with van der Waals surface area (Å²) < 4.78 is 0. The average molecular weight is 265 g/mol.